The number of nitriles is 1. The number of nitrogens with one attached hydrogen (secondary N) is 1. The van der Waals surface area contributed by atoms with E-state index in [1.165, 1.54) is 10.7 Å². The number of H-pyrrole nitrogens is 1. The number of rotatable bonds is 6. The molecule has 9 nitrogen and oxygen atoms in total. The molecule has 1 unspecified atom stereocenters. The van der Waals surface area contributed by atoms with Gasteiger partial charge in [-0.3, -0.25) is 9.78 Å². The monoisotopic (exact) mass is 480 g/mol. The molecule has 1 aliphatic carbocycles. The van der Waals surface area contributed by atoms with Gasteiger partial charge in [-0.05, 0) is 42.9 Å². The largest absolute Gasteiger partial charge is 0.433 e. The zero-order chi connectivity index (χ0) is 24.7. The molecule has 4 heterocycles. The van der Waals surface area contributed by atoms with E-state index < -0.39 is 23.5 Å². The Kier molecular flexibility index (Phi) is 5.55. The van der Waals surface area contributed by atoms with E-state index in [1.807, 2.05) is 18.5 Å². The Morgan fingerprint density at radius 2 is 1.91 bits per heavy atom. The number of nitrogens with zero attached hydrogens (tertiary/aromatic N) is 7. The molecule has 1 aliphatic rings. The molecule has 1 N–H and O–H groups in total. The highest BCUT2D eigenvalue weighted by atomic mass is 19.4. The second-order valence-corrected chi connectivity index (χ2v) is 8.47. The number of aryl methyl sites for hydroxylation is 2. The van der Waals surface area contributed by atoms with Crippen molar-refractivity contribution in [2.24, 2.45) is 0 Å². The summed E-state index contributed by atoms with van der Waals surface area (Å²) in [7, 11) is 0. The molecule has 12 heteroatoms. The van der Waals surface area contributed by atoms with Crippen LogP contribution in [0.25, 0.3) is 11.0 Å². The first-order valence-corrected chi connectivity index (χ1v) is 11.0. The van der Waals surface area contributed by atoms with Crippen LogP contribution in [0.15, 0.2) is 35.5 Å². The van der Waals surface area contributed by atoms with Crippen LogP contribution < -0.4 is 5.56 Å². The van der Waals surface area contributed by atoms with Crippen molar-refractivity contribution in [3.63, 3.8) is 0 Å². The van der Waals surface area contributed by atoms with E-state index in [-0.39, 0.29) is 16.7 Å². The molecule has 4 aromatic rings. The normalized spacial score (nSPS) is 14.7. The SMILES string of the molecule is CC(c1ccc(C(F)(F)F)nc1)n1nc(C#N)c2c(=O)[nH]c(CCc3ncc(C4CC4)cn3)nc21. The standard InChI is InChI=1S/C23H19F3N8O/c1-12(14-4-5-17(28-9-14)23(24,25)26)34-21-20(16(8-27)33-34)22(35)32-19(31-21)7-6-18-29-10-15(11-30-18)13-2-3-13/h4-5,9-13H,2-3,6-7H2,1H3,(H,31,32,35). The van der Waals surface area contributed by atoms with Crippen LogP contribution in [0.3, 0.4) is 0 Å². The molecule has 0 bridgehead atoms. The molecular formula is C23H19F3N8O. The molecule has 1 fully saturated rings. The average Bonchev–Trinajstić information content (AvgIpc) is 3.63. The second-order valence-electron chi connectivity index (χ2n) is 8.47. The lowest BCUT2D eigenvalue weighted by Gasteiger charge is -2.14. The maximum atomic E-state index is 12.9. The van der Waals surface area contributed by atoms with Crippen molar-refractivity contribution in [2.75, 3.05) is 0 Å². The molecular weight excluding hydrogens is 461 g/mol. The number of aromatic nitrogens is 7. The fourth-order valence-corrected chi connectivity index (χ4v) is 3.87. The van der Waals surface area contributed by atoms with Crippen molar-refractivity contribution in [2.45, 2.75) is 50.7 Å². The summed E-state index contributed by atoms with van der Waals surface area (Å²) < 4.78 is 40.0. The van der Waals surface area contributed by atoms with E-state index in [0.29, 0.717) is 36.0 Å². The molecule has 5 rings (SSSR count). The highest BCUT2D eigenvalue weighted by Gasteiger charge is 2.32. The van der Waals surface area contributed by atoms with E-state index >= 15 is 0 Å². The van der Waals surface area contributed by atoms with E-state index in [9.17, 15) is 23.2 Å². The third-order valence-electron chi connectivity index (χ3n) is 6.00. The van der Waals surface area contributed by atoms with Gasteiger partial charge in [-0.2, -0.15) is 23.5 Å². The predicted octanol–water partition coefficient (Wildman–Crippen LogP) is 3.47. The van der Waals surface area contributed by atoms with E-state index in [4.69, 9.17) is 0 Å². The van der Waals surface area contributed by atoms with Gasteiger partial charge in [0.25, 0.3) is 5.56 Å². The second kappa shape index (κ2) is 8.57. The number of hydrogen-bond acceptors (Lipinski definition) is 7. The Balaban J connectivity index is 1.45. The minimum Gasteiger partial charge on any atom is -0.310 e. The molecule has 1 atom stereocenters. The zero-order valence-corrected chi connectivity index (χ0v) is 18.5. The maximum Gasteiger partial charge on any atom is 0.433 e. The van der Waals surface area contributed by atoms with Crippen molar-refractivity contribution in [1.82, 2.24) is 34.7 Å². The molecule has 0 amide bonds. The van der Waals surface area contributed by atoms with Crippen molar-refractivity contribution >= 4 is 11.0 Å². The minimum absolute atomic E-state index is 0.0213. The van der Waals surface area contributed by atoms with Gasteiger partial charge in [0.2, 0.25) is 0 Å². The van der Waals surface area contributed by atoms with E-state index in [2.05, 4.69) is 30.0 Å². The van der Waals surface area contributed by atoms with Gasteiger partial charge in [0, 0.05) is 31.4 Å². The summed E-state index contributed by atoms with van der Waals surface area (Å²) in [5, 5.41) is 13.7. The Morgan fingerprint density at radius 3 is 2.51 bits per heavy atom. The van der Waals surface area contributed by atoms with Gasteiger partial charge >= 0.3 is 6.18 Å². The highest BCUT2D eigenvalue weighted by molar-refractivity contribution is 5.80. The van der Waals surface area contributed by atoms with Crippen molar-refractivity contribution in [3.8, 4) is 6.07 Å². The number of halogens is 3. The summed E-state index contributed by atoms with van der Waals surface area (Å²) in [6.45, 7) is 1.68. The van der Waals surface area contributed by atoms with Gasteiger partial charge < -0.3 is 4.98 Å². The Bertz CT molecular complexity index is 1480. The topological polar surface area (TPSA) is 126 Å². The minimum atomic E-state index is -4.56. The third-order valence-corrected chi connectivity index (χ3v) is 6.00. The lowest BCUT2D eigenvalue weighted by Crippen LogP contribution is -2.16. The number of aromatic amines is 1. The lowest BCUT2D eigenvalue weighted by molar-refractivity contribution is -0.141. The van der Waals surface area contributed by atoms with Crippen molar-refractivity contribution in [3.05, 3.63) is 75.2 Å². The first-order valence-electron chi connectivity index (χ1n) is 11.0. The first kappa shape index (κ1) is 22.6. The summed E-state index contributed by atoms with van der Waals surface area (Å²) in [5.74, 6) is 1.54. The van der Waals surface area contributed by atoms with Crippen LogP contribution in [0.2, 0.25) is 0 Å². The molecule has 0 aromatic carbocycles. The molecule has 0 spiro atoms. The number of alkyl halides is 3. The molecule has 4 aromatic heterocycles. The summed E-state index contributed by atoms with van der Waals surface area (Å²) in [5.41, 5.74) is 0.0565. The molecule has 0 aliphatic heterocycles. The average molecular weight is 480 g/mol. The number of fused-ring (bicyclic) bond motifs is 1. The number of hydrogen-bond donors (Lipinski definition) is 1. The van der Waals surface area contributed by atoms with Crippen LogP contribution in [-0.2, 0) is 19.0 Å². The summed E-state index contributed by atoms with van der Waals surface area (Å²) >= 11 is 0. The van der Waals surface area contributed by atoms with Crippen molar-refractivity contribution in [1.29, 1.82) is 5.26 Å². The quantitative estimate of drug-likeness (QED) is 0.448. The Morgan fingerprint density at radius 1 is 1.17 bits per heavy atom. The molecule has 0 saturated heterocycles. The van der Waals surface area contributed by atoms with Gasteiger partial charge in [0.05, 0.1) is 6.04 Å². The van der Waals surface area contributed by atoms with Crippen LogP contribution in [0, 0.1) is 11.3 Å². The number of pyridine rings is 1. The highest BCUT2D eigenvalue weighted by Crippen LogP contribution is 2.39. The van der Waals surface area contributed by atoms with Gasteiger partial charge in [0.1, 0.15) is 28.8 Å². The van der Waals surface area contributed by atoms with Crippen LogP contribution in [0.5, 0.6) is 0 Å². The van der Waals surface area contributed by atoms with Crippen LogP contribution in [0.1, 0.15) is 65.9 Å². The van der Waals surface area contributed by atoms with Crippen molar-refractivity contribution < 1.29 is 13.2 Å². The van der Waals surface area contributed by atoms with Gasteiger partial charge in [-0.1, -0.05) is 6.07 Å². The molecule has 35 heavy (non-hydrogen) atoms. The van der Waals surface area contributed by atoms with Gasteiger partial charge in [0.15, 0.2) is 11.3 Å². The van der Waals surface area contributed by atoms with E-state index in [1.54, 1.807) is 6.92 Å². The third kappa shape index (κ3) is 4.49. The first-order chi connectivity index (χ1) is 16.7. The lowest BCUT2D eigenvalue weighted by atomic mass is 10.1. The Hall–Kier alpha value is -4.14. The van der Waals surface area contributed by atoms with E-state index in [0.717, 1.165) is 30.7 Å². The predicted molar refractivity (Wildman–Crippen MR) is 117 cm³/mol. The summed E-state index contributed by atoms with van der Waals surface area (Å²) in [6, 6.07) is 3.42. The fraction of sp³-hybridized carbons (Fsp3) is 0.348. The molecule has 0 radical (unpaired) electrons. The van der Waals surface area contributed by atoms with Crippen LogP contribution >= 0.6 is 0 Å². The van der Waals surface area contributed by atoms with Crippen LogP contribution in [-0.4, -0.2) is 34.7 Å². The summed E-state index contributed by atoms with van der Waals surface area (Å²) in [6.07, 6.45) is 3.30. The summed E-state index contributed by atoms with van der Waals surface area (Å²) in [4.78, 5) is 32.2. The zero-order valence-electron chi connectivity index (χ0n) is 18.5. The van der Waals surface area contributed by atoms with Crippen LogP contribution in [0.4, 0.5) is 13.2 Å². The van der Waals surface area contributed by atoms with Gasteiger partial charge in [-0.25, -0.2) is 19.6 Å². The Labute approximate surface area is 196 Å². The van der Waals surface area contributed by atoms with Gasteiger partial charge in [-0.15, -0.1) is 0 Å². The molecule has 178 valence electrons. The molecule has 1 saturated carbocycles. The smallest absolute Gasteiger partial charge is 0.310 e. The fourth-order valence-electron chi connectivity index (χ4n) is 3.87. The maximum absolute atomic E-state index is 12.9.